The lowest BCUT2D eigenvalue weighted by Crippen LogP contribution is -2.44. The van der Waals surface area contributed by atoms with Gasteiger partial charge in [0, 0.05) is 19.5 Å². The fourth-order valence-corrected chi connectivity index (χ4v) is 3.32. The number of thiophene rings is 1. The zero-order chi connectivity index (χ0) is 17.8. The van der Waals surface area contributed by atoms with Gasteiger partial charge in [0.2, 0.25) is 11.8 Å². The number of nitrogens with zero attached hydrogens (tertiary/aromatic N) is 1. The zero-order valence-electron chi connectivity index (χ0n) is 13.8. The first-order valence-corrected chi connectivity index (χ1v) is 8.88. The van der Waals surface area contributed by atoms with E-state index in [0.717, 1.165) is 11.1 Å². The van der Waals surface area contributed by atoms with Crippen LogP contribution < -0.4 is 10.9 Å². The summed E-state index contributed by atoms with van der Waals surface area (Å²) in [6, 6.07) is 11.4. The van der Waals surface area contributed by atoms with Crippen molar-refractivity contribution in [3.63, 3.8) is 0 Å². The van der Waals surface area contributed by atoms with Crippen LogP contribution >= 0.6 is 11.3 Å². The standard InChI is InChI=1S/C18H19N3O3S/c1-12-4-6-13(7-5-12)10-21-11-14(9-16(21)22)17(23)19-20-18(24)15-3-2-8-25-15/h2-8,14H,9-11H2,1H3,(H,19,23)(H,20,24)/t14-/m1/s1. The summed E-state index contributed by atoms with van der Waals surface area (Å²) in [6.45, 7) is 2.85. The van der Waals surface area contributed by atoms with E-state index < -0.39 is 5.92 Å². The van der Waals surface area contributed by atoms with Crippen molar-refractivity contribution in [1.82, 2.24) is 15.8 Å². The molecule has 1 saturated heterocycles. The second-order valence-electron chi connectivity index (χ2n) is 6.08. The van der Waals surface area contributed by atoms with Crippen molar-refractivity contribution in [2.24, 2.45) is 5.92 Å². The molecule has 2 heterocycles. The first-order valence-electron chi connectivity index (χ1n) is 8.00. The van der Waals surface area contributed by atoms with Crippen molar-refractivity contribution >= 4 is 29.1 Å². The molecule has 3 rings (SSSR count). The molecule has 1 aliphatic heterocycles. The van der Waals surface area contributed by atoms with Crippen LogP contribution in [-0.4, -0.2) is 29.2 Å². The Kier molecular flexibility index (Phi) is 5.14. The summed E-state index contributed by atoms with van der Waals surface area (Å²) in [6.07, 6.45) is 0.159. The molecule has 7 heteroatoms. The van der Waals surface area contributed by atoms with E-state index in [-0.39, 0.29) is 24.1 Å². The highest BCUT2D eigenvalue weighted by Gasteiger charge is 2.34. The van der Waals surface area contributed by atoms with Crippen molar-refractivity contribution in [2.75, 3.05) is 6.54 Å². The Balaban J connectivity index is 1.52. The third-order valence-electron chi connectivity index (χ3n) is 4.12. The number of amides is 3. The van der Waals surface area contributed by atoms with Crippen LogP contribution in [0.3, 0.4) is 0 Å². The Hall–Kier alpha value is -2.67. The lowest BCUT2D eigenvalue weighted by Gasteiger charge is -2.17. The van der Waals surface area contributed by atoms with Gasteiger partial charge < -0.3 is 4.90 Å². The first kappa shape index (κ1) is 17.2. The fourth-order valence-electron chi connectivity index (χ4n) is 2.70. The summed E-state index contributed by atoms with van der Waals surface area (Å²) < 4.78 is 0. The maximum absolute atomic E-state index is 12.2. The highest BCUT2D eigenvalue weighted by Crippen LogP contribution is 2.20. The largest absolute Gasteiger partial charge is 0.338 e. The minimum atomic E-state index is -0.457. The maximum atomic E-state index is 12.2. The minimum absolute atomic E-state index is 0.0506. The number of likely N-dealkylation sites (tertiary alicyclic amines) is 1. The number of hydrazine groups is 1. The van der Waals surface area contributed by atoms with Gasteiger partial charge in [0.1, 0.15) is 0 Å². The van der Waals surface area contributed by atoms with Crippen molar-refractivity contribution < 1.29 is 14.4 Å². The van der Waals surface area contributed by atoms with E-state index in [4.69, 9.17) is 0 Å². The van der Waals surface area contributed by atoms with Gasteiger partial charge in [0.15, 0.2) is 0 Å². The predicted octanol–water partition coefficient (Wildman–Crippen LogP) is 1.87. The molecular formula is C18H19N3O3S. The van der Waals surface area contributed by atoms with Gasteiger partial charge in [-0.15, -0.1) is 11.3 Å². The van der Waals surface area contributed by atoms with Crippen LogP contribution in [0, 0.1) is 12.8 Å². The molecule has 2 N–H and O–H groups in total. The molecule has 6 nitrogen and oxygen atoms in total. The Morgan fingerprint density at radius 1 is 1.20 bits per heavy atom. The minimum Gasteiger partial charge on any atom is -0.338 e. The molecule has 1 aromatic heterocycles. The van der Waals surface area contributed by atoms with Crippen LogP contribution in [-0.2, 0) is 16.1 Å². The predicted molar refractivity (Wildman–Crippen MR) is 94.6 cm³/mol. The molecule has 0 aliphatic carbocycles. The molecule has 0 unspecified atom stereocenters. The molecule has 2 aromatic rings. The molecule has 3 amide bonds. The molecule has 1 fully saturated rings. The van der Waals surface area contributed by atoms with Crippen LogP contribution in [0.4, 0.5) is 0 Å². The second-order valence-corrected chi connectivity index (χ2v) is 7.03. The summed E-state index contributed by atoms with van der Waals surface area (Å²) >= 11 is 1.29. The number of carbonyl (C=O) groups excluding carboxylic acids is 3. The third-order valence-corrected chi connectivity index (χ3v) is 4.99. The van der Waals surface area contributed by atoms with E-state index in [1.807, 2.05) is 31.2 Å². The van der Waals surface area contributed by atoms with Crippen molar-refractivity contribution in [3.05, 3.63) is 57.8 Å². The van der Waals surface area contributed by atoms with E-state index in [1.54, 1.807) is 22.4 Å². The quantitative estimate of drug-likeness (QED) is 0.820. The lowest BCUT2D eigenvalue weighted by atomic mass is 10.1. The fraction of sp³-hybridized carbons (Fsp3) is 0.278. The highest BCUT2D eigenvalue weighted by molar-refractivity contribution is 7.12. The lowest BCUT2D eigenvalue weighted by molar-refractivity contribution is -0.129. The zero-order valence-corrected chi connectivity index (χ0v) is 14.6. The summed E-state index contributed by atoms with van der Waals surface area (Å²) in [5.41, 5.74) is 7.00. The average Bonchev–Trinajstić information content (AvgIpc) is 3.25. The topological polar surface area (TPSA) is 78.5 Å². The maximum Gasteiger partial charge on any atom is 0.279 e. The number of carbonyl (C=O) groups is 3. The van der Waals surface area contributed by atoms with Crippen molar-refractivity contribution in [1.29, 1.82) is 0 Å². The molecule has 1 aliphatic rings. The Morgan fingerprint density at radius 2 is 1.96 bits per heavy atom. The second kappa shape index (κ2) is 7.48. The average molecular weight is 357 g/mol. The molecule has 0 saturated carbocycles. The molecule has 1 atom stereocenters. The third kappa shape index (κ3) is 4.24. The van der Waals surface area contributed by atoms with Crippen molar-refractivity contribution in [3.8, 4) is 0 Å². The number of hydrogen-bond donors (Lipinski definition) is 2. The first-order chi connectivity index (χ1) is 12.0. The Labute approximate surface area is 149 Å². The van der Waals surface area contributed by atoms with Gasteiger partial charge >= 0.3 is 0 Å². The van der Waals surface area contributed by atoms with Crippen LogP contribution in [0.25, 0.3) is 0 Å². The van der Waals surface area contributed by atoms with E-state index >= 15 is 0 Å². The highest BCUT2D eigenvalue weighted by atomic mass is 32.1. The van der Waals surface area contributed by atoms with Crippen LogP contribution in [0.2, 0.25) is 0 Å². The number of aryl methyl sites for hydroxylation is 1. The Morgan fingerprint density at radius 3 is 2.64 bits per heavy atom. The molecule has 0 bridgehead atoms. The van der Waals surface area contributed by atoms with Crippen LogP contribution in [0.15, 0.2) is 41.8 Å². The van der Waals surface area contributed by atoms with Gasteiger partial charge in [-0.25, -0.2) is 0 Å². The molecule has 1 aromatic carbocycles. The molecule has 0 spiro atoms. The SMILES string of the molecule is Cc1ccc(CN2C[C@H](C(=O)NNC(=O)c3cccs3)CC2=O)cc1. The van der Waals surface area contributed by atoms with E-state index in [9.17, 15) is 14.4 Å². The molecule has 25 heavy (non-hydrogen) atoms. The van der Waals surface area contributed by atoms with E-state index in [0.29, 0.717) is 18.0 Å². The summed E-state index contributed by atoms with van der Waals surface area (Å²) in [5.74, 6) is -1.21. The van der Waals surface area contributed by atoms with Gasteiger partial charge in [0.25, 0.3) is 5.91 Å². The summed E-state index contributed by atoms with van der Waals surface area (Å²) in [5, 5.41) is 1.79. The van der Waals surface area contributed by atoms with Gasteiger partial charge in [-0.2, -0.15) is 0 Å². The normalized spacial score (nSPS) is 16.8. The van der Waals surface area contributed by atoms with Crippen LogP contribution in [0.5, 0.6) is 0 Å². The van der Waals surface area contributed by atoms with Gasteiger partial charge in [-0.3, -0.25) is 25.2 Å². The summed E-state index contributed by atoms with van der Waals surface area (Å²) in [7, 11) is 0. The Bertz CT molecular complexity index is 771. The number of rotatable bonds is 4. The van der Waals surface area contributed by atoms with Crippen LogP contribution in [0.1, 0.15) is 27.2 Å². The smallest absolute Gasteiger partial charge is 0.279 e. The van der Waals surface area contributed by atoms with Crippen molar-refractivity contribution in [2.45, 2.75) is 19.9 Å². The molecule has 0 radical (unpaired) electrons. The summed E-state index contributed by atoms with van der Waals surface area (Å²) in [4.78, 5) is 38.4. The monoisotopic (exact) mass is 357 g/mol. The molecular weight excluding hydrogens is 338 g/mol. The molecule has 130 valence electrons. The van der Waals surface area contributed by atoms with E-state index in [2.05, 4.69) is 10.9 Å². The number of nitrogens with one attached hydrogen (secondary N) is 2. The number of hydrogen-bond acceptors (Lipinski definition) is 4. The van der Waals surface area contributed by atoms with E-state index in [1.165, 1.54) is 11.3 Å². The van der Waals surface area contributed by atoms with Gasteiger partial charge in [-0.1, -0.05) is 35.9 Å². The number of benzene rings is 1. The van der Waals surface area contributed by atoms with Gasteiger partial charge in [-0.05, 0) is 23.9 Å². The van der Waals surface area contributed by atoms with Gasteiger partial charge in [0.05, 0.1) is 10.8 Å².